The molecule has 1 unspecified atom stereocenters. The Morgan fingerprint density at radius 1 is 0.971 bits per heavy atom. The van der Waals surface area contributed by atoms with Crippen molar-refractivity contribution in [1.29, 1.82) is 0 Å². The summed E-state index contributed by atoms with van der Waals surface area (Å²) in [6, 6.07) is 19.3. The average molecular weight is 476 g/mol. The lowest BCUT2D eigenvalue weighted by atomic mass is 9.95. The van der Waals surface area contributed by atoms with Crippen LogP contribution in [0.5, 0.6) is 5.75 Å². The minimum Gasteiger partial charge on any atom is -0.507 e. The molecule has 0 aliphatic carbocycles. The van der Waals surface area contributed by atoms with E-state index in [9.17, 15) is 19.5 Å². The third-order valence-electron chi connectivity index (χ3n) is 5.64. The Bertz CT molecular complexity index is 1280. The maximum Gasteiger partial charge on any atom is 0.308 e. The summed E-state index contributed by atoms with van der Waals surface area (Å²) in [4.78, 5) is 39.0. The first kappa shape index (κ1) is 23.3. The number of halogens is 1. The number of amides is 1. The van der Waals surface area contributed by atoms with Gasteiger partial charge in [-0.25, -0.2) is 0 Å². The minimum absolute atomic E-state index is 0.0351. The van der Waals surface area contributed by atoms with Crippen LogP contribution in [-0.4, -0.2) is 22.8 Å². The maximum absolute atomic E-state index is 13.2. The number of rotatable bonds is 5. The van der Waals surface area contributed by atoms with E-state index >= 15 is 0 Å². The number of Topliss-reactive ketones (excluding diaryl/α,β-unsaturated/α-hetero) is 1. The van der Waals surface area contributed by atoms with Crippen LogP contribution in [0.1, 0.15) is 36.6 Å². The molecule has 1 aliphatic rings. The van der Waals surface area contributed by atoms with Gasteiger partial charge < -0.3 is 9.84 Å². The molecule has 1 N–H and O–H groups in total. The van der Waals surface area contributed by atoms with E-state index in [-0.39, 0.29) is 11.3 Å². The number of carbonyl (C=O) groups is 3. The van der Waals surface area contributed by atoms with Crippen LogP contribution in [0, 0.1) is 0 Å². The molecule has 3 aromatic carbocycles. The Morgan fingerprint density at radius 2 is 1.59 bits per heavy atom. The topological polar surface area (TPSA) is 83.9 Å². The number of aliphatic hydroxyl groups excluding tert-OH is 1. The standard InChI is InChI=1S/C27H22ClNO5/c1-3-17-4-12-21(13-5-17)29-24(18-8-14-22(15-9-18)34-16(2)30)23(26(32)27(29)33)25(31)19-6-10-20(28)11-7-19/h4-15,24,31H,3H2,1-2H3/b25-23+. The lowest BCUT2D eigenvalue weighted by molar-refractivity contribution is -0.132. The summed E-state index contributed by atoms with van der Waals surface area (Å²) >= 11 is 5.97. The molecule has 0 saturated carbocycles. The summed E-state index contributed by atoms with van der Waals surface area (Å²) in [5, 5.41) is 11.6. The molecule has 172 valence electrons. The van der Waals surface area contributed by atoms with Crippen LogP contribution < -0.4 is 9.64 Å². The van der Waals surface area contributed by atoms with Crippen LogP contribution in [0.15, 0.2) is 78.4 Å². The van der Waals surface area contributed by atoms with Gasteiger partial charge >= 0.3 is 5.97 Å². The summed E-state index contributed by atoms with van der Waals surface area (Å²) in [7, 11) is 0. The predicted octanol–water partition coefficient (Wildman–Crippen LogP) is 5.45. The van der Waals surface area contributed by atoms with Gasteiger partial charge in [0.15, 0.2) is 0 Å². The molecule has 1 heterocycles. The Kier molecular flexibility index (Phi) is 6.52. The van der Waals surface area contributed by atoms with Gasteiger partial charge in [0.05, 0.1) is 11.6 Å². The van der Waals surface area contributed by atoms with E-state index in [1.807, 2.05) is 19.1 Å². The molecule has 7 heteroatoms. The van der Waals surface area contributed by atoms with Gasteiger partial charge in [-0.15, -0.1) is 0 Å². The Labute approximate surface area is 202 Å². The lowest BCUT2D eigenvalue weighted by Crippen LogP contribution is -2.29. The van der Waals surface area contributed by atoms with Gasteiger partial charge in [-0.2, -0.15) is 0 Å². The number of ether oxygens (including phenoxy) is 1. The van der Waals surface area contributed by atoms with Crippen LogP contribution >= 0.6 is 11.6 Å². The first-order valence-electron chi connectivity index (χ1n) is 10.7. The van der Waals surface area contributed by atoms with Crippen molar-refractivity contribution in [1.82, 2.24) is 0 Å². The van der Waals surface area contributed by atoms with Crippen LogP contribution in [0.25, 0.3) is 5.76 Å². The lowest BCUT2D eigenvalue weighted by Gasteiger charge is -2.25. The van der Waals surface area contributed by atoms with E-state index in [0.717, 1.165) is 12.0 Å². The highest BCUT2D eigenvalue weighted by Gasteiger charge is 2.46. The number of esters is 1. The Hall–Kier alpha value is -3.90. The van der Waals surface area contributed by atoms with Gasteiger partial charge in [-0.05, 0) is 66.1 Å². The number of aliphatic hydroxyl groups is 1. The molecule has 0 radical (unpaired) electrons. The van der Waals surface area contributed by atoms with Crippen molar-refractivity contribution < 1.29 is 24.2 Å². The number of anilines is 1. The molecular formula is C27H22ClNO5. The normalized spacial score (nSPS) is 17.1. The van der Waals surface area contributed by atoms with Crippen LogP contribution in [0.3, 0.4) is 0 Å². The fourth-order valence-electron chi connectivity index (χ4n) is 3.95. The number of ketones is 1. The highest BCUT2D eigenvalue weighted by atomic mass is 35.5. The predicted molar refractivity (Wildman–Crippen MR) is 130 cm³/mol. The molecule has 1 aliphatic heterocycles. The second-order valence-electron chi connectivity index (χ2n) is 7.86. The molecule has 1 amide bonds. The van der Waals surface area contributed by atoms with Gasteiger partial charge in [0.1, 0.15) is 11.5 Å². The van der Waals surface area contributed by atoms with Crippen molar-refractivity contribution >= 4 is 40.7 Å². The van der Waals surface area contributed by atoms with Crippen LogP contribution in [-0.2, 0) is 20.8 Å². The summed E-state index contributed by atoms with van der Waals surface area (Å²) in [6.45, 7) is 3.33. The molecule has 4 rings (SSSR count). The van der Waals surface area contributed by atoms with Crippen LogP contribution in [0.4, 0.5) is 5.69 Å². The zero-order valence-electron chi connectivity index (χ0n) is 18.6. The van der Waals surface area contributed by atoms with Gasteiger partial charge in [-0.1, -0.05) is 42.8 Å². The molecule has 1 saturated heterocycles. The van der Waals surface area contributed by atoms with Crippen molar-refractivity contribution in [2.75, 3.05) is 4.90 Å². The number of nitrogens with zero attached hydrogens (tertiary/aromatic N) is 1. The zero-order chi connectivity index (χ0) is 24.4. The highest BCUT2D eigenvalue weighted by molar-refractivity contribution is 6.51. The monoisotopic (exact) mass is 475 g/mol. The van der Waals surface area contributed by atoms with Crippen molar-refractivity contribution in [3.8, 4) is 5.75 Å². The minimum atomic E-state index is -0.880. The van der Waals surface area contributed by atoms with Crippen molar-refractivity contribution in [2.45, 2.75) is 26.3 Å². The van der Waals surface area contributed by atoms with E-state index in [0.29, 0.717) is 27.6 Å². The molecule has 6 nitrogen and oxygen atoms in total. The zero-order valence-corrected chi connectivity index (χ0v) is 19.4. The Morgan fingerprint density at radius 3 is 2.15 bits per heavy atom. The molecule has 0 spiro atoms. The molecule has 0 bridgehead atoms. The third-order valence-corrected chi connectivity index (χ3v) is 5.89. The second-order valence-corrected chi connectivity index (χ2v) is 8.30. The highest BCUT2D eigenvalue weighted by Crippen LogP contribution is 2.42. The van der Waals surface area contributed by atoms with E-state index < -0.39 is 23.7 Å². The molecule has 1 atom stereocenters. The van der Waals surface area contributed by atoms with E-state index in [2.05, 4.69) is 0 Å². The summed E-state index contributed by atoms with van der Waals surface area (Å²) in [5.41, 5.74) is 2.52. The third kappa shape index (κ3) is 4.45. The molecular weight excluding hydrogens is 454 g/mol. The number of benzene rings is 3. The number of hydrogen-bond acceptors (Lipinski definition) is 5. The SMILES string of the molecule is CCc1ccc(N2C(=O)C(=O)/C(=C(/O)c3ccc(Cl)cc3)C2c2ccc(OC(C)=O)cc2)cc1. The molecule has 34 heavy (non-hydrogen) atoms. The van der Waals surface area contributed by atoms with Crippen LogP contribution in [0.2, 0.25) is 5.02 Å². The molecule has 1 fully saturated rings. The fourth-order valence-corrected chi connectivity index (χ4v) is 4.08. The first-order chi connectivity index (χ1) is 16.3. The van der Waals surface area contributed by atoms with Gasteiger partial charge in [0, 0.05) is 23.2 Å². The summed E-state index contributed by atoms with van der Waals surface area (Å²) in [6.07, 6.45) is 0.830. The van der Waals surface area contributed by atoms with Crippen molar-refractivity contribution in [2.24, 2.45) is 0 Å². The van der Waals surface area contributed by atoms with Crippen molar-refractivity contribution in [3.63, 3.8) is 0 Å². The van der Waals surface area contributed by atoms with Gasteiger partial charge in [-0.3, -0.25) is 19.3 Å². The van der Waals surface area contributed by atoms with E-state index in [1.54, 1.807) is 60.7 Å². The first-order valence-corrected chi connectivity index (χ1v) is 11.1. The maximum atomic E-state index is 13.2. The number of carbonyl (C=O) groups excluding carboxylic acids is 3. The second kappa shape index (κ2) is 9.53. The van der Waals surface area contributed by atoms with Gasteiger partial charge in [0.2, 0.25) is 0 Å². The number of hydrogen-bond donors (Lipinski definition) is 1. The summed E-state index contributed by atoms with van der Waals surface area (Å²) in [5.74, 6) is -1.96. The molecule has 0 aromatic heterocycles. The average Bonchev–Trinajstić information content (AvgIpc) is 3.09. The fraction of sp³-hybridized carbons (Fsp3) is 0.148. The quantitative estimate of drug-likeness (QED) is 0.174. The number of aryl methyl sites for hydroxylation is 1. The smallest absolute Gasteiger partial charge is 0.308 e. The largest absolute Gasteiger partial charge is 0.507 e. The van der Waals surface area contributed by atoms with E-state index in [1.165, 1.54) is 11.8 Å². The van der Waals surface area contributed by atoms with Gasteiger partial charge in [0.25, 0.3) is 11.7 Å². The Balaban J connectivity index is 1.87. The molecule has 3 aromatic rings. The van der Waals surface area contributed by atoms with E-state index in [4.69, 9.17) is 16.3 Å². The summed E-state index contributed by atoms with van der Waals surface area (Å²) < 4.78 is 5.11. The van der Waals surface area contributed by atoms with Crippen molar-refractivity contribution in [3.05, 3.63) is 100 Å².